The number of aliphatic imine (C=N–C) groups is 1. The molecule has 1 fully saturated rings. The van der Waals surface area contributed by atoms with Crippen LogP contribution in [0, 0.1) is 0 Å². The highest BCUT2D eigenvalue weighted by Gasteiger charge is 2.12. The van der Waals surface area contributed by atoms with Gasteiger partial charge in [0.2, 0.25) is 5.76 Å². The van der Waals surface area contributed by atoms with E-state index in [1.165, 1.54) is 11.8 Å². The molecule has 1 aromatic heterocycles. The smallest absolute Gasteiger partial charge is 0.371 e. The van der Waals surface area contributed by atoms with Gasteiger partial charge in [-0.1, -0.05) is 0 Å². The van der Waals surface area contributed by atoms with Crippen molar-refractivity contribution in [2.24, 2.45) is 4.99 Å². The van der Waals surface area contributed by atoms with Crippen molar-refractivity contribution >= 4 is 23.6 Å². The number of hydrogen-bond acceptors (Lipinski definition) is 7. The van der Waals surface area contributed by atoms with Crippen LogP contribution in [0.1, 0.15) is 21.9 Å². The largest absolute Gasteiger partial charge is 0.493 e. The third kappa shape index (κ3) is 5.28. The van der Waals surface area contributed by atoms with Gasteiger partial charge in [-0.05, 0) is 60.2 Å². The summed E-state index contributed by atoms with van der Waals surface area (Å²) in [4.78, 5) is 17.7. The lowest BCUT2D eigenvalue weighted by Crippen LogP contribution is -2.36. The van der Waals surface area contributed by atoms with Crippen LogP contribution < -0.4 is 14.4 Å². The van der Waals surface area contributed by atoms with E-state index in [9.17, 15) is 4.79 Å². The number of carboxylic acids is 1. The first-order valence-corrected chi connectivity index (χ1v) is 10.2. The zero-order valence-electron chi connectivity index (χ0n) is 17.7. The maximum absolute atomic E-state index is 10.9. The summed E-state index contributed by atoms with van der Waals surface area (Å²) in [5.41, 5.74) is 2.88. The fourth-order valence-corrected chi connectivity index (χ4v) is 3.32. The Hall–Kier alpha value is -3.78. The molecule has 4 rings (SSSR count). The SMILES string of the molecule is COc1cc(C=Nc2ccc(N3CCOCC3)cc2)ccc1OCc1ccc(C(=O)O)o1. The van der Waals surface area contributed by atoms with Gasteiger partial charge in [-0.2, -0.15) is 0 Å². The molecule has 8 heteroatoms. The van der Waals surface area contributed by atoms with E-state index in [4.69, 9.17) is 23.7 Å². The molecule has 0 saturated carbocycles. The van der Waals surface area contributed by atoms with Crippen molar-refractivity contribution in [3.8, 4) is 11.5 Å². The number of hydrogen-bond donors (Lipinski definition) is 1. The number of ether oxygens (including phenoxy) is 3. The summed E-state index contributed by atoms with van der Waals surface area (Å²) in [7, 11) is 1.56. The summed E-state index contributed by atoms with van der Waals surface area (Å²) in [6, 6.07) is 16.6. The predicted octanol–water partition coefficient (Wildman–Crippen LogP) is 4.15. The molecule has 0 radical (unpaired) electrons. The molecule has 0 bridgehead atoms. The lowest BCUT2D eigenvalue weighted by atomic mass is 10.2. The molecule has 8 nitrogen and oxygen atoms in total. The third-order valence-corrected chi connectivity index (χ3v) is 5.02. The van der Waals surface area contributed by atoms with Crippen molar-refractivity contribution in [1.29, 1.82) is 0 Å². The van der Waals surface area contributed by atoms with Gasteiger partial charge in [0.1, 0.15) is 12.4 Å². The fourth-order valence-electron chi connectivity index (χ4n) is 3.32. The van der Waals surface area contributed by atoms with Crippen LogP contribution in [0.25, 0.3) is 0 Å². The molecular formula is C24H24N2O6. The highest BCUT2D eigenvalue weighted by molar-refractivity contribution is 5.84. The van der Waals surface area contributed by atoms with Crippen LogP contribution in [0.4, 0.5) is 11.4 Å². The minimum absolute atomic E-state index is 0.0898. The first kappa shape index (κ1) is 21.5. The Morgan fingerprint density at radius 2 is 1.88 bits per heavy atom. The van der Waals surface area contributed by atoms with Crippen LogP contribution in [0.15, 0.2) is 64.0 Å². The van der Waals surface area contributed by atoms with Crippen LogP contribution in [0.3, 0.4) is 0 Å². The topological polar surface area (TPSA) is 93.7 Å². The quantitative estimate of drug-likeness (QED) is 0.530. The molecule has 166 valence electrons. The number of aromatic carboxylic acids is 1. The molecule has 2 heterocycles. The van der Waals surface area contributed by atoms with E-state index in [1.807, 2.05) is 24.3 Å². The van der Waals surface area contributed by atoms with Gasteiger partial charge in [-0.15, -0.1) is 0 Å². The minimum atomic E-state index is -1.12. The van der Waals surface area contributed by atoms with Gasteiger partial charge in [0, 0.05) is 25.0 Å². The van der Waals surface area contributed by atoms with Crippen molar-refractivity contribution in [2.45, 2.75) is 6.61 Å². The van der Waals surface area contributed by atoms with Gasteiger partial charge in [0.05, 0.1) is 26.0 Å². The molecule has 0 spiro atoms. The lowest BCUT2D eigenvalue weighted by Gasteiger charge is -2.28. The monoisotopic (exact) mass is 436 g/mol. The number of morpholine rings is 1. The van der Waals surface area contributed by atoms with Crippen molar-refractivity contribution in [3.63, 3.8) is 0 Å². The van der Waals surface area contributed by atoms with Crippen molar-refractivity contribution < 1.29 is 28.5 Å². The number of carboxylic acid groups (broad SMARTS) is 1. The van der Waals surface area contributed by atoms with Gasteiger partial charge in [0.15, 0.2) is 11.5 Å². The van der Waals surface area contributed by atoms with Gasteiger partial charge >= 0.3 is 5.97 Å². The summed E-state index contributed by atoms with van der Waals surface area (Å²) >= 11 is 0. The number of benzene rings is 2. The molecule has 0 atom stereocenters. The molecule has 1 saturated heterocycles. The van der Waals surface area contributed by atoms with Gasteiger partial charge in [0.25, 0.3) is 0 Å². The molecule has 3 aromatic rings. The van der Waals surface area contributed by atoms with E-state index in [0.717, 1.165) is 37.6 Å². The van der Waals surface area contributed by atoms with E-state index in [-0.39, 0.29) is 12.4 Å². The van der Waals surface area contributed by atoms with Crippen molar-refractivity contribution in [2.75, 3.05) is 38.3 Å². The number of nitrogens with zero attached hydrogens (tertiary/aromatic N) is 2. The van der Waals surface area contributed by atoms with E-state index >= 15 is 0 Å². The molecule has 1 aliphatic rings. The van der Waals surface area contributed by atoms with Gasteiger partial charge in [-0.3, -0.25) is 4.99 Å². The Bertz CT molecular complexity index is 1080. The van der Waals surface area contributed by atoms with E-state index in [0.29, 0.717) is 17.3 Å². The van der Waals surface area contributed by atoms with Crippen molar-refractivity contribution in [3.05, 3.63) is 71.7 Å². The Kier molecular flexibility index (Phi) is 6.72. The van der Waals surface area contributed by atoms with Crippen LogP contribution in [-0.2, 0) is 11.3 Å². The zero-order chi connectivity index (χ0) is 22.3. The summed E-state index contributed by atoms with van der Waals surface area (Å²) < 4.78 is 21.8. The fraction of sp³-hybridized carbons (Fsp3) is 0.250. The van der Waals surface area contributed by atoms with E-state index in [1.54, 1.807) is 25.5 Å². The number of furan rings is 1. The second-order valence-electron chi connectivity index (χ2n) is 7.14. The lowest BCUT2D eigenvalue weighted by molar-refractivity contribution is 0.0658. The molecule has 32 heavy (non-hydrogen) atoms. The Labute approximate surface area is 185 Å². The zero-order valence-corrected chi connectivity index (χ0v) is 17.7. The predicted molar refractivity (Wildman–Crippen MR) is 120 cm³/mol. The van der Waals surface area contributed by atoms with Crippen LogP contribution >= 0.6 is 0 Å². The standard InChI is InChI=1S/C24H24N2O6/c1-29-23-14-17(2-8-21(23)31-16-20-7-9-22(32-20)24(27)28)15-25-18-3-5-19(6-4-18)26-10-12-30-13-11-26/h2-9,14-15H,10-13,16H2,1H3,(H,27,28). The average Bonchev–Trinajstić information content (AvgIpc) is 3.32. The van der Waals surface area contributed by atoms with Gasteiger partial charge < -0.3 is 28.6 Å². The summed E-state index contributed by atoms with van der Waals surface area (Å²) in [6.45, 7) is 3.40. The van der Waals surface area contributed by atoms with Crippen LogP contribution in [-0.4, -0.2) is 50.7 Å². The van der Waals surface area contributed by atoms with E-state index < -0.39 is 5.97 Å². The summed E-state index contributed by atoms with van der Waals surface area (Å²) in [5.74, 6) is 0.235. The number of carbonyl (C=O) groups is 1. The summed E-state index contributed by atoms with van der Waals surface area (Å²) in [5, 5.41) is 8.93. The highest BCUT2D eigenvalue weighted by atomic mass is 16.5. The molecule has 2 aromatic carbocycles. The number of methoxy groups -OCH3 is 1. The maximum Gasteiger partial charge on any atom is 0.371 e. The molecular weight excluding hydrogens is 412 g/mol. The molecule has 0 aliphatic carbocycles. The minimum Gasteiger partial charge on any atom is -0.493 e. The first-order valence-electron chi connectivity index (χ1n) is 10.2. The molecule has 0 amide bonds. The molecule has 0 unspecified atom stereocenters. The maximum atomic E-state index is 10.9. The Morgan fingerprint density at radius 3 is 2.56 bits per heavy atom. The van der Waals surface area contributed by atoms with Crippen LogP contribution in [0.2, 0.25) is 0 Å². The van der Waals surface area contributed by atoms with E-state index in [2.05, 4.69) is 22.0 Å². The summed E-state index contributed by atoms with van der Waals surface area (Å²) in [6.07, 6.45) is 1.77. The first-order chi connectivity index (χ1) is 15.6. The molecule has 1 N–H and O–H groups in total. The Balaban J connectivity index is 1.39. The second-order valence-corrected chi connectivity index (χ2v) is 7.14. The van der Waals surface area contributed by atoms with Crippen LogP contribution in [0.5, 0.6) is 11.5 Å². The third-order valence-electron chi connectivity index (χ3n) is 5.02. The number of rotatable bonds is 8. The molecule has 1 aliphatic heterocycles. The number of anilines is 1. The average molecular weight is 436 g/mol. The highest BCUT2D eigenvalue weighted by Crippen LogP contribution is 2.29. The van der Waals surface area contributed by atoms with Gasteiger partial charge in [-0.25, -0.2) is 4.79 Å². The van der Waals surface area contributed by atoms with Crippen molar-refractivity contribution in [1.82, 2.24) is 0 Å². The second kappa shape index (κ2) is 10.0. The normalized spacial score (nSPS) is 14.0. The Morgan fingerprint density at radius 1 is 1.09 bits per heavy atom.